The Hall–Kier alpha value is -2.07. The summed E-state index contributed by atoms with van der Waals surface area (Å²) in [6.45, 7) is 3.96. The van der Waals surface area contributed by atoms with Gasteiger partial charge in [0.05, 0.1) is 20.3 Å². The van der Waals surface area contributed by atoms with Crippen LogP contribution in [0.25, 0.3) is 21.5 Å². The van der Waals surface area contributed by atoms with E-state index in [1.165, 1.54) is 0 Å². The van der Waals surface area contributed by atoms with Gasteiger partial charge in [-0.05, 0) is 48.2 Å². The minimum atomic E-state index is -3.67. The van der Waals surface area contributed by atoms with Crippen molar-refractivity contribution in [2.24, 2.45) is 0 Å². The lowest BCUT2D eigenvalue weighted by atomic mass is 10.0. The van der Waals surface area contributed by atoms with E-state index in [1.807, 2.05) is 48.5 Å². The Labute approximate surface area is 147 Å². The van der Waals surface area contributed by atoms with Crippen molar-refractivity contribution in [3.63, 3.8) is 0 Å². The maximum atomic E-state index is 12.8. The van der Waals surface area contributed by atoms with E-state index < -0.39 is 7.82 Å². The van der Waals surface area contributed by atoms with Gasteiger partial charge in [-0.2, -0.15) is 0 Å². The number of hydrogen-bond acceptors (Lipinski definition) is 5. The third-order valence-corrected chi connectivity index (χ3v) is 5.38. The Morgan fingerprint density at radius 3 is 2.20 bits per heavy atom. The highest BCUT2D eigenvalue weighted by molar-refractivity contribution is 7.48. The molecule has 0 aromatic heterocycles. The van der Waals surface area contributed by atoms with E-state index >= 15 is 0 Å². The van der Waals surface area contributed by atoms with Gasteiger partial charge in [0, 0.05) is 5.39 Å². The Morgan fingerprint density at radius 1 is 0.880 bits per heavy atom. The van der Waals surface area contributed by atoms with E-state index in [1.54, 1.807) is 21.0 Å². The highest BCUT2D eigenvalue weighted by Crippen LogP contribution is 2.51. The topological polar surface area (TPSA) is 54.0 Å². The second-order valence-corrected chi connectivity index (χ2v) is 6.97. The van der Waals surface area contributed by atoms with Gasteiger partial charge in [-0.15, -0.1) is 0 Å². The number of phosphoric ester groups is 1. The van der Waals surface area contributed by atoms with Crippen molar-refractivity contribution in [3.05, 3.63) is 48.5 Å². The molecular weight excluding hydrogens is 339 g/mol. The van der Waals surface area contributed by atoms with Crippen molar-refractivity contribution in [3.8, 4) is 11.5 Å². The van der Waals surface area contributed by atoms with Crippen LogP contribution in [0.1, 0.15) is 13.8 Å². The van der Waals surface area contributed by atoms with Crippen LogP contribution in [-0.2, 0) is 13.6 Å². The molecule has 3 rings (SSSR count). The van der Waals surface area contributed by atoms with Crippen molar-refractivity contribution < 1.29 is 22.9 Å². The van der Waals surface area contributed by atoms with E-state index in [0.717, 1.165) is 27.3 Å². The van der Waals surface area contributed by atoms with Crippen LogP contribution < -0.4 is 9.26 Å². The number of hydrogen-bond donors (Lipinski definition) is 0. The summed E-state index contributed by atoms with van der Waals surface area (Å²) in [5.74, 6) is 1.20. The molecule has 0 atom stereocenters. The highest BCUT2D eigenvalue weighted by Gasteiger charge is 2.28. The summed E-state index contributed by atoms with van der Waals surface area (Å²) in [7, 11) is -2.05. The summed E-state index contributed by atoms with van der Waals surface area (Å²) in [5, 5.41) is 3.83. The fraction of sp³-hybridized carbons (Fsp3) is 0.263. The molecule has 0 radical (unpaired) electrons. The third-order valence-electron chi connectivity index (χ3n) is 3.81. The van der Waals surface area contributed by atoms with E-state index in [0.29, 0.717) is 5.75 Å². The van der Waals surface area contributed by atoms with Gasteiger partial charge in [0.2, 0.25) is 0 Å². The van der Waals surface area contributed by atoms with Gasteiger partial charge >= 0.3 is 7.82 Å². The van der Waals surface area contributed by atoms with E-state index in [4.69, 9.17) is 18.3 Å². The first-order chi connectivity index (χ1) is 12.1. The average molecular weight is 360 g/mol. The van der Waals surface area contributed by atoms with Crippen molar-refractivity contribution in [1.29, 1.82) is 0 Å². The minimum Gasteiger partial charge on any atom is -0.497 e. The summed E-state index contributed by atoms with van der Waals surface area (Å²) in [5.41, 5.74) is 0. The molecule has 0 aliphatic rings. The SMILES string of the molecule is CCOP(=O)(OCC)Oc1cc2cc(OC)ccc2c2ccccc12. The predicted octanol–water partition coefficient (Wildman–Crippen LogP) is 5.56. The molecule has 0 unspecified atom stereocenters. The van der Waals surface area contributed by atoms with Crippen molar-refractivity contribution >= 4 is 29.4 Å². The second-order valence-electron chi connectivity index (χ2n) is 5.38. The molecule has 0 spiro atoms. The fourth-order valence-electron chi connectivity index (χ4n) is 2.79. The molecular formula is C19H21O5P. The molecule has 0 N–H and O–H groups in total. The number of benzene rings is 3. The predicted molar refractivity (Wildman–Crippen MR) is 99.5 cm³/mol. The lowest BCUT2D eigenvalue weighted by molar-refractivity contribution is 0.168. The average Bonchev–Trinajstić information content (AvgIpc) is 2.61. The highest BCUT2D eigenvalue weighted by atomic mass is 31.2. The van der Waals surface area contributed by atoms with Crippen LogP contribution in [0.5, 0.6) is 11.5 Å². The third kappa shape index (κ3) is 3.64. The summed E-state index contributed by atoms with van der Waals surface area (Å²) in [6, 6.07) is 15.5. The number of methoxy groups -OCH3 is 1. The van der Waals surface area contributed by atoms with E-state index in [2.05, 4.69) is 0 Å². The lowest BCUT2D eigenvalue weighted by Crippen LogP contribution is -2.02. The first kappa shape index (κ1) is 17.7. The second kappa shape index (κ2) is 7.44. The van der Waals surface area contributed by atoms with Gasteiger partial charge < -0.3 is 9.26 Å². The Balaban J connectivity index is 2.19. The zero-order chi connectivity index (χ0) is 17.9. The zero-order valence-corrected chi connectivity index (χ0v) is 15.4. The van der Waals surface area contributed by atoms with Gasteiger partial charge in [-0.3, -0.25) is 9.05 Å². The van der Waals surface area contributed by atoms with E-state index in [9.17, 15) is 4.57 Å². The smallest absolute Gasteiger partial charge is 0.497 e. The Kier molecular flexibility index (Phi) is 5.28. The molecule has 3 aromatic carbocycles. The maximum absolute atomic E-state index is 12.8. The quantitative estimate of drug-likeness (QED) is 0.408. The van der Waals surface area contributed by atoms with Crippen molar-refractivity contribution in [1.82, 2.24) is 0 Å². The summed E-state index contributed by atoms with van der Waals surface area (Å²) < 4.78 is 34.4. The standard InChI is InChI=1S/C19H21O5P/c1-4-22-25(20,23-5-2)24-19-13-14-12-15(21-3)10-11-16(14)17-8-6-7-9-18(17)19/h6-13H,4-5H2,1-3H3. The van der Waals surface area contributed by atoms with Gasteiger partial charge in [0.1, 0.15) is 11.5 Å². The molecule has 5 nitrogen and oxygen atoms in total. The number of phosphoric acid groups is 1. The monoisotopic (exact) mass is 360 g/mol. The number of fused-ring (bicyclic) bond motifs is 3. The van der Waals surface area contributed by atoms with Gasteiger partial charge in [-0.25, -0.2) is 4.57 Å². The minimum absolute atomic E-state index is 0.233. The first-order valence-corrected chi connectivity index (χ1v) is 9.64. The van der Waals surface area contributed by atoms with Gasteiger partial charge in [0.15, 0.2) is 0 Å². The van der Waals surface area contributed by atoms with Crippen LogP contribution in [0.3, 0.4) is 0 Å². The molecule has 6 heteroatoms. The number of rotatable bonds is 7. The maximum Gasteiger partial charge on any atom is 0.530 e. The number of ether oxygens (including phenoxy) is 1. The molecule has 0 bridgehead atoms. The molecule has 0 aliphatic heterocycles. The van der Waals surface area contributed by atoms with Crippen LogP contribution >= 0.6 is 7.82 Å². The van der Waals surface area contributed by atoms with Crippen LogP contribution in [0.2, 0.25) is 0 Å². The molecule has 0 saturated carbocycles. The molecule has 0 fully saturated rings. The lowest BCUT2D eigenvalue weighted by Gasteiger charge is -2.19. The normalized spacial score (nSPS) is 11.8. The summed E-state index contributed by atoms with van der Waals surface area (Å²) in [4.78, 5) is 0. The molecule has 0 saturated heterocycles. The molecule has 132 valence electrons. The van der Waals surface area contributed by atoms with Crippen LogP contribution in [0.15, 0.2) is 48.5 Å². The van der Waals surface area contributed by atoms with Gasteiger partial charge in [0.25, 0.3) is 0 Å². The van der Waals surface area contributed by atoms with Crippen molar-refractivity contribution in [2.45, 2.75) is 13.8 Å². The van der Waals surface area contributed by atoms with E-state index in [-0.39, 0.29) is 13.2 Å². The van der Waals surface area contributed by atoms with Gasteiger partial charge in [-0.1, -0.05) is 30.3 Å². The fourth-order valence-corrected chi connectivity index (χ4v) is 3.99. The van der Waals surface area contributed by atoms with Crippen LogP contribution in [0, 0.1) is 0 Å². The summed E-state index contributed by atoms with van der Waals surface area (Å²) >= 11 is 0. The molecule has 25 heavy (non-hydrogen) atoms. The molecule has 3 aromatic rings. The Bertz CT molecular complexity index is 928. The Morgan fingerprint density at radius 2 is 1.56 bits per heavy atom. The largest absolute Gasteiger partial charge is 0.530 e. The van der Waals surface area contributed by atoms with Crippen LogP contribution in [-0.4, -0.2) is 20.3 Å². The summed E-state index contributed by atoms with van der Waals surface area (Å²) in [6.07, 6.45) is 0. The van der Waals surface area contributed by atoms with Crippen LogP contribution in [0.4, 0.5) is 0 Å². The van der Waals surface area contributed by atoms with Crippen molar-refractivity contribution in [2.75, 3.05) is 20.3 Å². The first-order valence-electron chi connectivity index (χ1n) is 8.18. The molecule has 0 amide bonds. The molecule has 0 heterocycles. The molecule has 0 aliphatic carbocycles. The zero-order valence-electron chi connectivity index (χ0n) is 14.5.